The summed E-state index contributed by atoms with van der Waals surface area (Å²) >= 11 is 0. The molecule has 0 radical (unpaired) electrons. The van der Waals surface area contributed by atoms with Crippen molar-refractivity contribution in [3.63, 3.8) is 0 Å². The van der Waals surface area contributed by atoms with Crippen molar-refractivity contribution in [3.05, 3.63) is 47.8 Å². The van der Waals surface area contributed by atoms with E-state index in [0.29, 0.717) is 30.3 Å². The molecule has 4 rings (SSSR count). The highest BCUT2D eigenvalue weighted by atomic mass is 19.1. The molecule has 1 aliphatic rings. The molecule has 1 atom stereocenters. The van der Waals surface area contributed by atoms with E-state index in [1.54, 1.807) is 6.20 Å². The summed E-state index contributed by atoms with van der Waals surface area (Å²) in [5.74, 6) is -2.34. The van der Waals surface area contributed by atoms with Gasteiger partial charge in [-0.2, -0.15) is 5.26 Å². The molecule has 2 aromatic heterocycles. The van der Waals surface area contributed by atoms with E-state index < -0.39 is 36.3 Å². The van der Waals surface area contributed by atoms with Crippen molar-refractivity contribution in [2.45, 2.75) is 24.9 Å². The molecule has 8 nitrogen and oxygen atoms in total. The van der Waals surface area contributed by atoms with Gasteiger partial charge in [0.25, 0.3) is 6.02 Å². The molecule has 3 N–H and O–H groups in total. The summed E-state index contributed by atoms with van der Waals surface area (Å²) in [5.41, 5.74) is -0.675. The average Bonchev–Trinajstić information content (AvgIpc) is 3.22. The summed E-state index contributed by atoms with van der Waals surface area (Å²) in [4.78, 5) is 11.0. The van der Waals surface area contributed by atoms with Crippen molar-refractivity contribution in [2.75, 3.05) is 25.1 Å². The standard InChI is InChI=1S/C22H20F3N5O3/c23-15-7-14(30-21-29-10-22(25,11-31)12-32-21)8-16(24)19(15)33-17-4-6-27-20-18(17)13(9-28-20)3-1-2-5-26/h4,6-9,31H,1-3,10-12H2,(H,27,28)(H,29,30). The van der Waals surface area contributed by atoms with E-state index >= 15 is 0 Å². The zero-order valence-corrected chi connectivity index (χ0v) is 17.4. The van der Waals surface area contributed by atoms with Crippen molar-refractivity contribution in [2.24, 2.45) is 4.99 Å². The minimum atomic E-state index is -1.99. The Morgan fingerprint density at radius 1 is 1.33 bits per heavy atom. The van der Waals surface area contributed by atoms with Gasteiger partial charge in [0.05, 0.1) is 24.6 Å². The third kappa shape index (κ3) is 4.85. The van der Waals surface area contributed by atoms with Gasteiger partial charge in [-0.15, -0.1) is 0 Å². The number of hydrogen-bond acceptors (Lipinski definition) is 7. The van der Waals surface area contributed by atoms with Crippen molar-refractivity contribution in [3.8, 4) is 17.6 Å². The van der Waals surface area contributed by atoms with Crippen LogP contribution >= 0.6 is 0 Å². The first kappa shape index (κ1) is 22.4. The maximum atomic E-state index is 14.8. The molecule has 0 amide bonds. The number of halogens is 3. The first-order chi connectivity index (χ1) is 15.9. The van der Waals surface area contributed by atoms with Gasteiger partial charge in [-0.3, -0.25) is 0 Å². The lowest BCUT2D eigenvalue weighted by Crippen LogP contribution is -2.43. The third-order valence-electron chi connectivity index (χ3n) is 5.07. The lowest BCUT2D eigenvalue weighted by molar-refractivity contribution is 0.0181. The van der Waals surface area contributed by atoms with Gasteiger partial charge < -0.3 is 24.9 Å². The van der Waals surface area contributed by atoms with Crippen LogP contribution < -0.4 is 10.1 Å². The fraction of sp³-hybridized carbons (Fsp3) is 0.318. The number of benzene rings is 1. The van der Waals surface area contributed by atoms with Crippen LogP contribution in [0.5, 0.6) is 11.5 Å². The van der Waals surface area contributed by atoms with Crippen molar-refractivity contribution in [1.29, 1.82) is 5.26 Å². The lowest BCUT2D eigenvalue weighted by atomic mass is 10.1. The van der Waals surface area contributed by atoms with Gasteiger partial charge in [0.2, 0.25) is 0 Å². The van der Waals surface area contributed by atoms with Gasteiger partial charge in [0, 0.05) is 36.6 Å². The number of fused-ring (bicyclic) bond motifs is 1. The summed E-state index contributed by atoms with van der Waals surface area (Å²) in [7, 11) is 0. The molecule has 0 saturated heterocycles. The number of aliphatic imine (C=N–C) groups is 1. The van der Waals surface area contributed by atoms with Crippen LogP contribution in [-0.4, -0.2) is 46.5 Å². The largest absolute Gasteiger partial charge is 0.461 e. The number of hydrogen-bond donors (Lipinski definition) is 3. The molecule has 0 saturated carbocycles. The number of rotatable bonds is 7. The van der Waals surface area contributed by atoms with Crippen molar-refractivity contribution >= 4 is 22.7 Å². The first-order valence-electron chi connectivity index (χ1n) is 10.2. The molecule has 1 unspecified atom stereocenters. The Labute approximate surface area is 186 Å². The van der Waals surface area contributed by atoms with Gasteiger partial charge in [0.15, 0.2) is 23.1 Å². The number of aromatic nitrogens is 2. The zero-order chi connectivity index (χ0) is 23.4. The number of nitrogens with zero attached hydrogens (tertiary/aromatic N) is 3. The molecule has 11 heteroatoms. The molecule has 3 heterocycles. The highest BCUT2D eigenvalue weighted by Crippen LogP contribution is 2.35. The van der Waals surface area contributed by atoms with Crippen LogP contribution in [0.4, 0.5) is 18.9 Å². The predicted molar refractivity (Wildman–Crippen MR) is 114 cm³/mol. The van der Waals surface area contributed by atoms with Gasteiger partial charge in [0.1, 0.15) is 18.0 Å². The molecular formula is C22H20F3N5O3. The summed E-state index contributed by atoms with van der Waals surface area (Å²) < 4.78 is 54.2. The topological polar surface area (TPSA) is 116 Å². The molecule has 1 aromatic carbocycles. The molecule has 3 aromatic rings. The Morgan fingerprint density at radius 3 is 2.79 bits per heavy atom. The summed E-state index contributed by atoms with van der Waals surface area (Å²) in [6, 6.07) is 5.46. The Hall–Kier alpha value is -3.78. The van der Waals surface area contributed by atoms with E-state index in [2.05, 4.69) is 26.3 Å². The summed E-state index contributed by atoms with van der Waals surface area (Å²) in [6.45, 7) is -1.53. The molecule has 1 aliphatic heterocycles. The Morgan fingerprint density at radius 2 is 2.12 bits per heavy atom. The third-order valence-corrected chi connectivity index (χ3v) is 5.07. The van der Waals surface area contributed by atoms with E-state index in [1.165, 1.54) is 12.3 Å². The molecule has 0 fully saturated rings. The number of H-pyrrole nitrogens is 1. The van der Waals surface area contributed by atoms with Gasteiger partial charge in [-0.05, 0) is 24.5 Å². The monoisotopic (exact) mass is 459 g/mol. The van der Waals surface area contributed by atoms with Gasteiger partial charge in [-0.25, -0.2) is 23.1 Å². The zero-order valence-electron chi connectivity index (χ0n) is 17.4. The van der Waals surface area contributed by atoms with Gasteiger partial charge >= 0.3 is 0 Å². The number of nitriles is 1. The van der Waals surface area contributed by atoms with E-state index in [4.69, 9.17) is 19.8 Å². The Kier molecular flexibility index (Phi) is 6.37. The lowest BCUT2D eigenvalue weighted by Gasteiger charge is -2.26. The highest BCUT2D eigenvalue weighted by Gasteiger charge is 2.34. The van der Waals surface area contributed by atoms with E-state index in [1.807, 2.05) is 0 Å². The van der Waals surface area contributed by atoms with E-state index in [0.717, 1.165) is 17.7 Å². The second-order valence-electron chi connectivity index (χ2n) is 7.57. The maximum Gasteiger partial charge on any atom is 0.289 e. The normalized spacial score (nSPS) is 17.8. The van der Waals surface area contributed by atoms with Crippen LogP contribution in [0.3, 0.4) is 0 Å². The number of aryl methyl sites for hydroxylation is 1. The highest BCUT2D eigenvalue weighted by molar-refractivity contribution is 5.90. The summed E-state index contributed by atoms with van der Waals surface area (Å²) in [5, 5.41) is 20.9. The van der Waals surface area contributed by atoms with Crippen LogP contribution in [0.15, 0.2) is 35.6 Å². The summed E-state index contributed by atoms with van der Waals surface area (Å²) in [6.07, 6.45) is 4.75. The number of nitrogens with one attached hydrogen (secondary N) is 2. The Bertz CT molecular complexity index is 1220. The molecule has 0 bridgehead atoms. The van der Waals surface area contributed by atoms with Crippen LogP contribution in [0.1, 0.15) is 18.4 Å². The Balaban J connectivity index is 1.56. The number of pyridine rings is 1. The van der Waals surface area contributed by atoms with Crippen LogP contribution in [-0.2, 0) is 11.2 Å². The van der Waals surface area contributed by atoms with Crippen molar-refractivity contribution < 1.29 is 27.8 Å². The first-order valence-corrected chi connectivity index (χ1v) is 10.2. The molecule has 172 valence electrons. The second-order valence-corrected chi connectivity index (χ2v) is 7.57. The number of aliphatic hydroxyl groups is 1. The quantitative estimate of drug-likeness (QED) is 0.461. The number of alkyl halides is 1. The molecular weight excluding hydrogens is 439 g/mol. The van der Waals surface area contributed by atoms with Crippen molar-refractivity contribution in [1.82, 2.24) is 9.97 Å². The van der Waals surface area contributed by atoms with Gasteiger partial charge in [-0.1, -0.05) is 0 Å². The smallest absolute Gasteiger partial charge is 0.289 e. The molecule has 33 heavy (non-hydrogen) atoms. The minimum absolute atomic E-state index is 0.00910. The fourth-order valence-corrected chi connectivity index (χ4v) is 3.37. The molecule has 0 aliphatic carbocycles. The molecule has 0 spiro atoms. The number of aliphatic hydroxyl groups excluding tert-OH is 1. The fourth-order valence-electron chi connectivity index (χ4n) is 3.37. The average molecular weight is 459 g/mol. The predicted octanol–water partition coefficient (Wildman–Crippen LogP) is 3.98. The SMILES string of the molecule is N#CCCCc1c[nH]c2nccc(Oc3c(F)cc(NC4=NCC(F)(CO)CO4)cc3F)c12. The number of ether oxygens (including phenoxy) is 2. The van der Waals surface area contributed by atoms with Crippen LogP contribution in [0.2, 0.25) is 0 Å². The maximum absolute atomic E-state index is 14.8. The second kappa shape index (κ2) is 9.38. The van der Waals surface area contributed by atoms with E-state index in [-0.39, 0.29) is 24.0 Å². The number of anilines is 1. The van der Waals surface area contributed by atoms with Crippen LogP contribution in [0.25, 0.3) is 11.0 Å². The van der Waals surface area contributed by atoms with E-state index in [9.17, 15) is 13.2 Å². The van der Waals surface area contributed by atoms with Crippen LogP contribution in [0, 0.1) is 23.0 Å². The minimum Gasteiger partial charge on any atom is -0.461 e. The number of aromatic amines is 1. The number of unbranched alkanes of at least 4 members (excludes halogenated alkanes) is 1. The number of amidine groups is 1.